The first kappa shape index (κ1) is 40.7. The number of anilines is 2. The minimum atomic E-state index is -2.86. The maximum atomic E-state index is 14.2. The molecule has 3 aromatic heterocycles. The number of hydrogen-bond donors (Lipinski definition) is 2. The molecule has 3 amide bonds. The average molecular weight is 824 g/mol. The molecule has 2 N–H and O–H groups in total. The van der Waals surface area contributed by atoms with Crippen LogP contribution in [0, 0.1) is 5.92 Å². The highest BCUT2D eigenvalue weighted by atomic mass is 19.3. The van der Waals surface area contributed by atoms with Crippen molar-refractivity contribution in [1.82, 2.24) is 34.6 Å². The zero-order chi connectivity index (χ0) is 41.8. The van der Waals surface area contributed by atoms with Crippen molar-refractivity contribution in [2.24, 2.45) is 5.92 Å². The van der Waals surface area contributed by atoms with E-state index in [0.29, 0.717) is 49.4 Å². The zero-order valence-electron chi connectivity index (χ0n) is 33.3. The van der Waals surface area contributed by atoms with E-state index in [4.69, 9.17) is 9.47 Å². The van der Waals surface area contributed by atoms with Gasteiger partial charge < -0.3 is 24.6 Å². The maximum absolute atomic E-state index is 14.2. The van der Waals surface area contributed by atoms with Crippen LogP contribution in [0.25, 0.3) is 5.65 Å². The number of nitrogens with zero attached hydrogens (tertiary/aromatic N) is 7. The normalized spacial score (nSPS) is 18.3. The number of unbranched alkanes of at least 4 members (excludes halogenated alkanes) is 2. The van der Waals surface area contributed by atoms with Gasteiger partial charge in [0.2, 0.25) is 0 Å². The number of halogens is 2. The largest absolute Gasteiger partial charge is 0.457 e. The maximum Gasteiger partial charge on any atom is 0.299 e. The number of aryl methyl sites for hydroxylation is 1. The summed E-state index contributed by atoms with van der Waals surface area (Å²) in [6.45, 7) is 4.43. The van der Waals surface area contributed by atoms with Crippen molar-refractivity contribution < 1.29 is 37.4 Å². The van der Waals surface area contributed by atoms with Gasteiger partial charge in [-0.05, 0) is 100 Å². The summed E-state index contributed by atoms with van der Waals surface area (Å²) in [6, 6.07) is 14.1. The lowest BCUT2D eigenvalue weighted by molar-refractivity contribution is -0.116. The van der Waals surface area contributed by atoms with Gasteiger partial charge in [-0.2, -0.15) is 10.2 Å². The van der Waals surface area contributed by atoms with E-state index in [1.165, 1.54) is 23.0 Å². The van der Waals surface area contributed by atoms with Gasteiger partial charge in [0, 0.05) is 37.6 Å². The topological polar surface area (TPSA) is 165 Å². The second-order valence-electron chi connectivity index (χ2n) is 15.7. The Balaban J connectivity index is 0.781. The fourth-order valence-electron chi connectivity index (χ4n) is 8.32. The zero-order valence-corrected chi connectivity index (χ0v) is 33.3. The van der Waals surface area contributed by atoms with Crippen LogP contribution < -0.4 is 20.3 Å². The lowest BCUT2D eigenvalue weighted by atomic mass is 9.86. The Morgan fingerprint density at radius 1 is 1.02 bits per heavy atom. The Hall–Kier alpha value is -6.07. The first-order chi connectivity index (χ1) is 29.1. The number of fused-ring (bicyclic) bond motifs is 2. The molecule has 2 fully saturated rings. The molecule has 2 aliphatic heterocycles. The highest BCUT2D eigenvalue weighted by molar-refractivity contribution is 6.49. The summed E-state index contributed by atoms with van der Waals surface area (Å²) < 4.78 is 43.0. The smallest absolute Gasteiger partial charge is 0.299 e. The van der Waals surface area contributed by atoms with Crippen LogP contribution in [0.3, 0.4) is 0 Å². The first-order valence-corrected chi connectivity index (χ1v) is 20.4. The Labute approximate surface area is 345 Å². The van der Waals surface area contributed by atoms with Gasteiger partial charge in [0.1, 0.15) is 22.9 Å². The van der Waals surface area contributed by atoms with Crippen molar-refractivity contribution in [3.8, 4) is 11.5 Å². The Kier molecular flexibility index (Phi) is 12.2. The number of imide groups is 1. The third-order valence-electron chi connectivity index (χ3n) is 11.5. The summed E-state index contributed by atoms with van der Waals surface area (Å²) in [7, 11) is 2.14. The first-order valence-electron chi connectivity index (χ1n) is 20.4. The molecular weight excluding hydrogens is 777 g/mol. The second-order valence-corrected chi connectivity index (χ2v) is 15.7. The van der Waals surface area contributed by atoms with Crippen molar-refractivity contribution in [1.29, 1.82) is 0 Å². The molecule has 17 heteroatoms. The minimum Gasteiger partial charge on any atom is -0.457 e. The van der Waals surface area contributed by atoms with E-state index in [1.54, 1.807) is 29.1 Å². The molecule has 60 heavy (non-hydrogen) atoms. The van der Waals surface area contributed by atoms with Gasteiger partial charge in [-0.3, -0.25) is 29.2 Å². The summed E-state index contributed by atoms with van der Waals surface area (Å²) in [4.78, 5) is 59.1. The second kappa shape index (κ2) is 18.0. The lowest BCUT2D eigenvalue weighted by Crippen LogP contribution is -2.42. The van der Waals surface area contributed by atoms with Gasteiger partial charge in [0.25, 0.3) is 29.9 Å². The Morgan fingerprint density at radius 2 is 1.82 bits per heavy atom. The van der Waals surface area contributed by atoms with Gasteiger partial charge in [0.15, 0.2) is 11.3 Å². The number of alkyl halides is 2. The van der Waals surface area contributed by atoms with Gasteiger partial charge in [-0.25, -0.2) is 18.3 Å². The van der Waals surface area contributed by atoms with Crippen LogP contribution in [-0.2, 0) is 16.0 Å². The molecule has 2 aromatic carbocycles. The van der Waals surface area contributed by atoms with Crippen LogP contribution in [0.4, 0.5) is 20.3 Å². The van der Waals surface area contributed by atoms with Gasteiger partial charge in [0.05, 0.1) is 36.7 Å². The van der Waals surface area contributed by atoms with Crippen molar-refractivity contribution in [3.05, 3.63) is 95.1 Å². The van der Waals surface area contributed by atoms with Crippen LogP contribution >= 0.6 is 0 Å². The molecule has 0 spiro atoms. The quantitative estimate of drug-likeness (QED) is 0.0695. The number of ether oxygens (including phenoxy) is 2. The number of hydrogen-bond acceptors (Lipinski definition) is 11. The highest BCUT2D eigenvalue weighted by Crippen LogP contribution is 2.36. The summed E-state index contributed by atoms with van der Waals surface area (Å²) in [5.41, 5.74) is 1.23. The third-order valence-corrected chi connectivity index (χ3v) is 11.5. The number of rotatable bonds is 15. The molecule has 15 nitrogen and oxygen atoms in total. The minimum absolute atomic E-state index is 0.0131. The molecule has 1 saturated heterocycles. The number of carbonyl (C=O) groups excluding carboxylic acids is 4. The summed E-state index contributed by atoms with van der Waals surface area (Å²) >= 11 is 0. The molecule has 0 bridgehead atoms. The molecule has 3 aliphatic rings. The fraction of sp³-hybridized carbons (Fsp3) is 0.419. The molecule has 0 radical (unpaired) electrons. The van der Waals surface area contributed by atoms with Crippen LogP contribution in [0.1, 0.15) is 99.7 Å². The predicted molar refractivity (Wildman–Crippen MR) is 217 cm³/mol. The average Bonchev–Trinajstić information content (AvgIpc) is 3.88. The summed E-state index contributed by atoms with van der Waals surface area (Å²) in [5.74, 6) is -1.01. The molecule has 314 valence electrons. The highest BCUT2D eigenvalue weighted by Gasteiger charge is 2.33. The van der Waals surface area contributed by atoms with E-state index in [9.17, 15) is 28.0 Å². The van der Waals surface area contributed by atoms with Gasteiger partial charge in [-0.1, -0.05) is 24.6 Å². The number of aromatic nitrogens is 5. The molecule has 8 rings (SSSR count). The number of benzene rings is 2. The van der Waals surface area contributed by atoms with Crippen LogP contribution in [0.15, 0.2) is 67.1 Å². The fourth-order valence-corrected chi connectivity index (χ4v) is 8.32. The SMILES string of the molecule is CN(CCCCCc1cccc(Oc2cccc3c2C(=O)NC(=O)C3=O)c1)C[C@H]1CC[C@H](n2cc(NC(=O)c3cnn4ccc(N5CCOCC5)nc34)c(C(F)F)n2)CC1. The number of carbonyl (C=O) groups is 4. The van der Waals surface area contributed by atoms with Crippen molar-refractivity contribution in [3.63, 3.8) is 0 Å². The molecule has 5 heterocycles. The number of nitrogens with one attached hydrogen (secondary N) is 2. The van der Waals surface area contributed by atoms with Gasteiger partial charge >= 0.3 is 0 Å². The monoisotopic (exact) mass is 823 g/mol. The number of amides is 3. The molecular formula is C43H47F2N9O6. The summed E-state index contributed by atoms with van der Waals surface area (Å²) in [6.07, 6.45) is 9.21. The summed E-state index contributed by atoms with van der Waals surface area (Å²) in [5, 5.41) is 13.3. The molecule has 0 atom stereocenters. The number of Topliss-reactive ketones (excluding diaryl/α,β-unsaturated/α-hetero) is 1. The third kappa shape index (κ3) is 9.06. The standard InChI is InChI=1S/C43H47F2N9O6/c1-51(17-4-2-3-7-27-8-5-9-30(23-27)60-34-11-6-10-31-36(34)42(57)49-43(58)38(31)55)25-28-12-14-29(15-13-28)54-26-33(37(50-54)39(44)45)47-41(56)32-24-46-53-18-16-35(48-40(32)53)52-19-21-59-22-20-52/h5-6,8-11,16,18,23-24,26,28-29,39H,2-4,7,12-15,17,19-22,25H2,1H3,(H,47,56)(H,49,57,58)/t28-,29-. The van der Waals surface area contributed by atoms with E-state index in [0.717, 1.165) is 70.0 Å². The lowest BCUT2D eigenvalue weighted by Gasteiger charge is -2.31. The molecule has 0 unspecified atom stereocenters. The number of ketones is 1. The van der Waals surface area contributed by atoms with E-state index in [1.807, 2.05) is 24.3 Å². The van der Waals surface area contributed by atoms with E-state index >= 15 is 0 Å². The van der Waals surface area contributed by atoms with Crippen LogP contribution in [-0.4, -0.2) is 99.2 Å². The van der Waals surface area contributed by atoms with Gasteiger partial charge in [-0.15, -0.1) is 0 Å². The molecule has 1 saturated carbocycles. The van der Waals surface area contributed by atoms with Crippen LogP contribution in [0.2, 0.25) is 0 Å². The van der Waals surface area contributed by atoms with Crippen molar-refractivity contribution in [2.75, 3.05) is 56.7 Å². The predicted octanol–water partition coefficient (Wildman–Crippen LogP) is 6.27. The van der Waals surface area contributed by atoms with E-state index < -0.39 is 35.6 Å². The van der Waals surface area contributed by atoms with Crippen LogP contribution in [0.5, 0.6) is 11.5 Å². The van der Waals surface area contributed by atoms with E-state index in [2.05, 4.69) is 42.7 Å². The Bertz CT molecular complexity index is 2390. The number of morpholine rings is 1. The molecule has 1 aliphatic carbocycles. The van der Waals surface area contributed by atoms with Crippen molar-refractivity contribution >= 4 is 40.7 Å². The van der Waals surface area contributed by atoms with E-state index in [-0.39, 0.29) is 34.2 Å². The molecule has 5 aromatic rings. The van der Waals surface area contributed by atoms with Crippen molar-refractivity contribution in [2.45, 2.75) is 63.8 Å². The Morgan fingerprint density at radius 3 is 2.62 bits per heavy atom.